The van der Waals surface area contributed by atoms with Crippen molar-refractivity contribution in [3.8, 4) is 67.0 Å². The van der Waals surface area contributed by atoms with Gasteiger partial charge in [-0.3, -0.25) is 0 Å². The molecular formula is C47H45NSi2. The first kappa shape index (κ1) is 33.4. The summed E-state index contributed by atoms with van der Waals surface area (Å²) >= 11 is 0. The maximum Gasteiger partial charge on any atom is 0.0784 e. The van der Waals surface area contributed by atoms with Gasteiger partial charge < -0.3 is 0 Å². The molecule has 0 aliphatic rings. The lowest BCUT2D eigenvalue weighted by atomic mass is 9.94. The van der Waals surface area contributed by atoms with Crippen molar-refractivity contribution >= 4 is 26.5 Å². The predicted octanol–water partition coefficient (Wildman–Crippen LogP) is 12.2. The second kappa shape index (κ2) is 13.7. The van der Waals surface area contributed by atoms with Crippen LogP contribution in [0.1, 0.15) is 0 Å². The lowest BCUT2D eigenvalue weighted by molar-refractivity contribution is 1.32. The van der Waals surface area contributed by atoms with Crippen LogP contribution in [0.15, 0.2) is 164 Å². The number of benzene rings is 6. The van der Waals surface area contributed by atoms with Gasteiger partial charge >= 0.3 is 0 Å². The summed E-state index contributed by atoms with van der Waals surface area (Å²) in [4.78, 5) is 5.15. The van der Waals surface area contributed by atoms with E-state index in [2.05, 4.69) is 203 Å². The molecule has 0 bridgehead atoms. The standard InChI is InChI=1S/C47H45NSi2/c1-49(2,3)46-28-26-39(38-24-16-23-37(29-38)34-17-10-7-11-18-34)30-43(46)42-27-25-40(33-47(42)50(4,5)6)41-31-44(35-19-12-8-13-20-35)48-45(32-41)36-21-14-9-15-22-36/h7-33H,1-6H3. The average Bonchev–Trinajstić information content (AvgIpc) is 3.14. The topological polar surface area (TPSA) is 12.9 Å². The smallest absolute Gasteiger partial charge is 0.0784 e. The molecule has 0 saturated carbocycles. The molecule has 0 unspecified atom stereocenters. The molecule has 50 heavy (non-hydrogen) atoms. The van der Waals surface area contributed by atoms with Gasteiger partial charge in [-0.2, -0.15) is 0 Å². The van der Waals surface area contributed by atoms with Crippen molar-refractivity contribution in [1.29, 1.82) is 0 Å². The number of nitrogens with zero attached hydrogens (tertiary/aromatic N) is 1. The Morgan fingerprint density at radius 3 is 1.28 bits per heavy atom. The molecule has 0 aliphatic heterocycles. The molecule has 0 N–H and O–H groups in total. The van der Waals surface area contributed by atoms with E-state index >= 15 is 0 Å². The second-order valence-corrected chi connectivity index (χ2v) is 25.4. The Morgan fingerprint density at radius 2 is 0.740 bits per heavy atom. The largest absolute Gasteiger partial charge is 0.248 e. The number of hydrogen-bond donors (Lipinski definition) is 0. The van der Waals surface area contributed by atoms with E-state index in [9.17, 15) is 0 Å². The van der Waals surface area contributed by atoms with Gasteiger partial charge in [0.15, 0.2) is 0 Å². The summed E-state index contributed by atoms with van der Waals surface area (Å²) in [6, 6.07) is 59.8. The van der Waals surface area contributed by atoms with Crippen molar-refractivity contribution in [3.63, 3.8) is 0 Å². The molecule has 6 aromatic carbocycles. The molecule has 3 heteroatoms. The maximum atomic E-state index is 5.15. The molecule has 7 rings (SSSR count). The van der Waals surface area contributed by atoms with Gasteiger partial charge in [-0.25, -0.2) is 4.98 Å². The van der Waals surface area contributed by atoms with E-state index in [1.165, 1.54) is 54.9 Å². The lowest BCUT2D eigenvalue weighted by Gasteiger charge is -2.27. The molecule has 0 atom stereocenters. The van der Waals surface area contributed by atoms with Crippen LogP contribution >= 0.6 is 0 Å². The Bertz CT molecular complexity index is 2200. The predicted molar refractivity (Wildman–Crippen MR) is 223 cm³/mol. The van der Waals surface area contributed by atoms with Gasteiger partial charge in [0, 0.05) is 11.1 Å². The zero-order valence-corrected chi connectivity index (χ0v) is 32.0. The van der Waals surface area contributed by atoms with Gasteiger partial charge in [-0.05, 0) is 68.8 Å². The van der Waals surface area contributed by atoms with Gasteiger partial charge in [-0.15, -0.1) is 0 Å². The summed E-state index contributed by atoms with van der Waals surface area (Å²) in [5.41, 5.74) is 14.4. The number of rotatable bonds is 8. The van der Waals surface area contributed by atoms with Gasteiger partial charge in [0.25, 0.3) is 0 Å². The summed E-state index contributed by atoms with van der Waals surface area (Å²) in [6.45, 7) is 14.9. The monoisotopic (exact) mass is 679 g/mol. The molecule has 1 aromatic heterocycles. The number of hydrogen-bond acceptors (Lipinski definition) is 1. The van der Waals surface area contributed by atoms with E-state index < -0.39 is 16.1 Å². The fraction of sp³-hybridized carbons (Fsp3) is 0.128. The third-order valence-corrected chi connectivity index (χ3v) is 13.6. The summed E-state index contributed by atoms with van der Waals surface area (Å²) < 4.78 is 0. The third kappa shape index (κ3) is 7.11. The molecule has 0 fully saturated rings. The van der Waals surface area contributed by atoms with Gasteiger partial charge in [-0.1, -0.05) is 189 Å². The first-order valence-electron chi connectivity index (χ1n) is 17.6. The average molecular weight is 680 g/mol. The zero-order chi connectivity index (χ0) is 34.9. The van der Waals surface area contributed by atoms with Crippen molar-refractivity contribution in [2.45, 2.75) is 39.3 Å². The molecule has 0 aliphatic carbocycles. The number of pyridine rings is 1. The van der Waals surface area contributed by atoms with Crippen molar-refractivity contribution in [2.24, 2.45) is 0 Å². The molecule has 0 radical (unpaired) electrons. The highest BCUT2D eigenvalue weighted by atomic mass is 28.3. The number of aromatic nitrogens is 1. The van der Waals surface area contributed by atoms with E-state index in [1.807, 2.05) is 0 Å². The third-order valence-electron chi connectivity index (χ3n) is 9.55. The maximum absolute atomic E-state index is 5.15. The van der Waals surface area contributed by atoms with Gasteiger partial charge in [0.2, 0.25) is 0 Å². The highest BCUT2D eigenvalue weighted by Crippen LogP contribution is 2.34. The molecule has 0 spiro atoms. The molecule has 7 aromatic rings. The van der Waals surface area contributed by atoms with Crippen LogP contribution < -0.4 is 10.4 Å². The van der Waals surface area contributed by atoms with Crippen molar-refractivity contribution in [3.05, 3.63) is 164 Å². The first-order chi connectivity index (χ1) is 24.0. The summed E-state index contributed by atoms with van der Waals surface area (Å²) in [7, 11) is -3.50. The summed E-state index contributed by atoms with van der Waals surface area (Å²) in [5.74, 6) is 0. The Labute approximate surface area is 300 Å². The summed E-state index contributed by atoms with van der Waals surface area (Å²) in [5, 5.41) is 3.00. The highest BCUT2D eigenvalue weighted by Gasteiger charge is 2.27. The molecule has 1 heterocycles. The van der Waals surface area contributed by atoms with E-state index in [-0.39, 0.29) is 0 Å². The summed E-state index contributed by atoms with van der Waals surface area (Å²) in [6.07, 6.45) is 0. The Morgan fingerprint density at radius 1 is 0.300 bits per heavy atom. The van der Waals surface area contributed by atoms with Gasteiger partial charge in [0.1, 0.15) is 0 Å². The Hall–Kier alpha value is -5.10. The first-order valence-corrected chi connectivity index (χ1v) is 24.6. The van der Waals surface area contributed by atoms with Crippen molar-refractivity contribution in [1.82, 2.24) is 4.98 Å². The van der Waals surface area contributed by atoms with Crippen LogP contribution in [0.5, 0.6) is 0 Å². The van der Waals surface area contributed by atoms with Crippen LogP contribution in [-0.4, -0.2) is 21.1 Å². The normalized spacial score (nSPS) is 11.8. The van der Waals surface area contributed by atoms with E-state index in [1.54, 1.807) is 0 Å². The second-order valence-electron chi connectivity index (χ2n) is 15.3. The quantitative estimate of drug-likeness (QED) is 0.146. The molecule has 0 amide bonds. The van der Waals surface area contributed by atoms with Crippen molar-refractivity contribution in [2.75, 3.05) is 0 Å². The van der Waals surface area contributed by atoms with Crippen LogP contribution in [0.3, 0.4) is 0 Å². The Balaban J connectivity index is 1.39. The van der Waals surface area contributed by atoms with E-state index in [0.717, 1.165) is 22.5 Å². The minimum Gasteiger partial charge on any atom is -0.248 e. The zero-order valence-electron chi connectivity index (χ0n) is 30.0. The minimum atomic E-state index is -1.81. The van der Waals surface area contributed by atoms with Crippen LogP contribution in [0.4, 0.5) is 0 Å². The van der Waals surface area contributed by atoms with Crippen LogP contribution in [-0.2, 0) is 0 Å². The fourth-order valence-corrected chi connectivity index (χ4v) is 10.1. The SMILES string of the molecule is C[Si](C)(C)c1ccc(-c2cccc(-c3ccccc3)c2)cc1-c1ccc(-c2cc(-c3ccccc3)nc(-c3ccccc3)c2)cc1[Si](C)(C)C. The molecule has 0 saturated heterocycles. The fourth-order valence-electron chi connectivity index (χ4n) is 6.90. The van der Waals surface area contributed by atoms with E-state index in [0.29, 0.717) is 0 Å². The van der Waals surface area contributed by atoms with Crippen LogP contribution in [0.2, 0.25) is 39.3 Å². The van der Waals surface area contributed by atoms with Crippen LogP contribution in [0, 0.1) is 0 Å². The minimum absolute atomic E-state index is 0.993. The van der Waals surface area contributed by atoms with E-state index in [4.69, 9.17) is 4.98 Å². The van der Waals surface area contributed by atoms with Crippen LogP contribution in [0.25, 0.3) is 67.0 Å². The molecular weight excluding hydrogens is 635 g/mol. The molecule has 246 valence electrons. The molecule has 1 nitrogen and oxygen atoms in total. The Kier molecular flexibility index (Phi) is 9.13. The highest BCUT2D eigenvalue weighted by molar-refractivity contribution is 6.91. The van der Waals surface area contributed by atoms with Gasteiger partial charge in [0.05, 0.1) is 27.5 Å². The van der Waals surface area contributed by atoms with Crippen molar-refractivity contribution < 1.29 is 0 Å². The lowest BCUT2D eigenvalue weighted by Crippen LogP contribution is -2.43.